The van der Waals surface area contributed by atoms with Gasteiger partial charge in [0.2, 0.25) is 0 Å². The van der Waals surface area contributed by atoms with Gasteiger partial charge < -0.3 is 15.0 Å². The maximum Gasteiger partial charge on any atom is 0.118 e. The molecule has 2 fully saturated rings. The lowest BCUT2D eigenvalue weighted by atomic mass is 9.96. The number of hydrogen-bond donors (Lipinski definition) is 1. The summed E-state index contributed by atoms with van der Waals surface area (Å²) in [6.07, 6.45) is 5.40. The van der Waals surface area contributed by atoms with Gasteiger partial charge in [-0.15, -0.1) is 0 Å². The van der Waals surface area contributed by atoms with Crippen LogP contribution < -0.4 is 10.1 Å². The first kappa shape index (κ1) is 13.9. The highest BCUT2D eigenvalue weighted by molar-refractivity contribution is 5.28. The minimum Gasteiger partial charge on any atom is -0.497 e. The highest BCUT2D eigenvalue weighted by atomic mass is 16.5. The van der Waals surface area contributed by atoms with Crippen molar-refractivity contribution in [3.05, 3.63) is 29.8 Å². The van der Waals surface area contributed by atoms with Gasteiger partial charge in [0.25, 0.3) is 0 Å². The average Bonchev–Trinajstić information content (AvgIpc) is 2.95. The molecule has 1 aromatic carbocycles. The Balaban J connectivity index is 1.56. The quantitative estimate of drug-likeness (QED) is 0.913. The smallest absolute Gasteiger partial charge is 0.118 e. The third-order valence-corrected chi connectivity index (χ3v) is 4.92. The Labute approximate surface area is 122 Å². The lowest BCUT2D eigenvalue weighted by Gasteiger charge is -2.36. The number of nitrogens with one attached hydrogen (secondary N) is 1. The highest BCUT2D eigenvalue weighted by Crippen LogP contribution is 2.28. The normalized spacial score (nSPS) is 28.1. The SMILES string of the molecule is COc1ccc(C(C)NC2CCN3CCCC3C2)cc1. The second-order valence-corrected chi connectivity index (χ2v) is 6.21. The molecule has 3 rings (SSSR count). The number of hydrogen-bond acceptors (Lipinski definition) is 3. The molecule has 0 bridgehead atoms. The van der Waals surface area contributed by atoms with E-state index in [9.17, 15) is 0 Å². The summed E-state index contributed by atoms with van der Waals surface area (Å²) >= 11 is 0. The summed E-state index contributed by atoms with van der Waals surface area (Å²) in [6, 6.07) is 10.4. The molecule has 0 aromatic heterocycles. The lowest BCUT2D eigenvalue weighted by Crippen LogP contribution is -2.46. The van der Waals surface area contributed by atoms with Gasteiger partial charge in [-0.05, 0) is 63.4 Å². The first-order chi connectivity index (χ1) is 9.76. The molecule has 20 heavy (non-hydrogen) atoms. The van der Waals surface area contributed by atoms with E-state index in [1.807, 2.05) is 12.1 Å². The average molecular weight is 274 g/mol. The van der Waals surface area contributed by atoms with Gasteiger partial charge in [0, 0.05) is 18.1 Å². The predicted molar refractivity (Wildman–Crippen MR) is 82.2 cm³/mol. The first-order valence-electron chi connectivity index (χ1n) is 7.90. The molecule has 0 saturated carbocycles. The fourth-order valence-corrected chi connectivity index (χ4v) is 3.72. The number of piperidine rings is 1. The van der Waals surface area contributed by atoms with Crippen molar-refractivity contribution in [2.45, 2.75) is 50.7 Å². The molecule has 1 N–H and O–H groups in total. The van der Waals surface area contributed by atoms with Gasteiger partial charge in [-0.2, -0.15) is 0 Å². The fourth-order valence-electron chi connectivity index (χ4n) is 3.72. The molecule has 2 aliphatic rings. The number of methoxy groups -OCH3 is 1. The van der Waals surface area contributed by atoms with Crippen LogP contribution in [0.4, 0.5) is 0 Å². The van der Waals surface area contributed by atoms with Gasteiger partial charge in [-0.1, -0.05) is 12.1 Å². The van der Waals surface area contributed by atoms with Crippen LogP contribution in [-0.2, 0) is 0 Å². The molecular weight excluding hydrogens is 248 g/mol. The molecule has 0 aliphatic carbocycles. The fraction of sp³-hybridized carbons (Fsp3) is 0.647. The summed E-state index contributed by atoms with van der Waals surface area (Å²) in [7, 11) is 1.71. The van der Waals surface area contributed by atoms with Crippen molar-refractivity contribution < 1.29 is 4.74 Å². The highest BCUT2D eigenvalue weighted by Gasteiger charge is 2.31. The van der Waals surface area contributed by atoms with E-state index >= 15 is 0 Å². The molecule has 0 amide bonds. The largest absolute Gasteiger partial charge is 0.497 e. The topological polar surface area (TPSA) is 24.5 Å². The Morgan fingerprint density at radius 3 is 2.75 bits per heavy atom. The zero-order chi connectivity index (χ0) is 13.9. The number of ether oxygens (including phenoxy) is 1. The summed E-state index contributed by atoms with van der Waals surface area (Å²) in [5, 5.41) is 3.82. The molecule has 0 radical (unpaired) electrons. The van der Waals surface area contributed by atoms with Crippen molar-refractivity contribution in [3.63, 3.8) is 0 Å². The van der Waals surface area contributed by atoms with Gasteiger partial charge in [-0.3, -0.25) is 0 Å². The van der Waals surface area contributed by atoms with Crippen molar-refractivity contribution in [2.75, 3.05) is 20.2 Å². The second-order valence-electron chi connectivity index (χ2n) is 6.21. The lowest BCUT2D eigenvalue weighted by molar-refractivity contribution is 0.162. The molecule has 3 heteroatoms. The number of rotatable bonds is 4. The van der Waals surface area contributed by atoms with Gasteiger partial charge in [-0.25, -0.2) is 0 Å². The zero-order valence-electron chi connectivity index (χ0n) is 12.6. The van der Waals surface area contributed by atoms with E-state index in [0.29, 0.717) is 12.1 Å². The summed E-state index contributed by atoms with van der Waals surface area (Å²) in [5.41, 5.74) is 1.35. The van der Waals surface area contributed by atoms with Crippen LogP contribution in [0.25, 0.3) is 0 Å². The van der Waals surface area contributed by atoms with E-state index in [1.54, 1.807) is 7.11 Å². The van der Waals surface area contributed by atoms with E-state index < -0.39 is 0 Å². The van der Waals surface area contributed by atoms with E-state index in [2.05, 4.69) is 29.3 Å². The third kappa shape index (κ3) is 2.99. The standard InChI is InChI=1S/C17H26N2O/c1-13(14-5-7-17(20-2)8-6-14)18-15-9-11-19-10-3-4-16(19)12-15/h5-8,13,15-16,18H,3-4,9-12H2,1-2H3. The summed E-state index contributed by atoms with van der Waals surface area (Å²) < 4.78 is 5.22. The molecule has 2 saturated heterocycles. The molecule has 3 unspecified atom stereocenters. The molecule has 0 spiro atoms. The van der Waals surface area contributed by atoms with Gasteiger partial charge in [0.15, 0.2) is 0 Å². The predicted octanol–water partition coefficient (Wildman–Crippen LogP) is 2.97. The molecule has 3 atom stereocenters. The minimum absolute atomic E-state index is 0.416. The Hall–Kier alpha value is -1.06. The Kier molecular flexibility index (Phi) is 4.27. The first-order valence-corrected chi connectivity index (χ1v) is 7.90. The Morgan fingerprint density at radius 1 is 1.20 bits per heavy atom. The molecular formula is C17H26N2O. The van der Waals surface area contributed by atoms with E-state index in [4.69, 9.17) is 4.74 Å². The molecule has 1 aromatic rings. The number of benzene rings is 1. The molecule has 2 heterocycles. The molecule has 3 nitrogen and oxygen atoms in total. The van der Waals surface area contributed by atoms with Crippen LogP contribution in [0.5, 0.6) is 5.75 Å². The number of nitrogens with zero attached hydrogens (tertiary/aromatic N) is 1. The van der Waals surface area contributed by atoms with E-state index in [1.165, 1.54) is 44.3 Å². The van der Waals surface area contributed by atoms with Crippen molar-refractivity contribution in [1.82, 2.24) is 10.2 Å². The maximum absolute atomic E-state index is 5.22. The molecule has 110 valence electrons. The minimum atomic E-state index is 0.416. The Morgan fingerprint density at radius 2 is 2.00 bits per heavy atom. The van der Waals surface area contributed by atoms with Crippen molar-refractivity contribution in [3.8, 4) is 5.75 Å². The molecule has 2 aliphatic heterocycles. The van der Waals surface area contributed by atoms with Crippen molar-refractivity contribution in [1.29, 1.82) is 0 Å². The van der Waals surface area contributed by atoms with Crippen LogP contribution in [-0.4, -0.2) is 37.2 Å². The maximum atomic E-state index is 5.22. The van der Waals surface area contributed by atoms with E-state index in [0.717, 1.165) is 11.8 Å². The summed E-state index contributed by atoms with van der Waals surface area (Å²) in [6.45, 7) is 4.87. The van der Waals surface area contributed by atoms with Gasteiger partial charge in [0.05, 0.1) is 7.11 Å². The zero-order valence-corrected chi connectivity index (χ0v) is 12.6. The van der Waals surface area contributed by atoms with Gasteiger partial charge in [0.1, 0.15) is 5.75 Å². The van der Waals surface area contributed by atoms with Crippen LogP contribution in [0, 0.1) is 0 Å². The van der Waals surface area contributed by atoms with Crippen LogP contribution in [0.3, 0.4) is 0 Å². The van der Waals surface area contributed by atoms with Crippen LogP contribution in [0.2, 0.25) is 0 Å². The van der Waals surface area contributed by atoms with E-state index in [-0.39, 0.29) is 0 Å². The van der Waals surface area contributed by atoms with Crippen molar-refractivity contribution >= 4 is 0 Å². The van der Waals surface area contributed by atoms with Crippen LogP contribution in [0.15, 0.2) is 24.3 Å². The monoisotopic (exact) mass is 274 g/mol. The number of fused-ring (bicyclic) bond motifs is 1. The Bertz CT molecular complexity index is 431. The van der Waals surface area contributed by atoms with Crippen LogP contribution in [0.1, 0.15) is 44.2 Å². The second kappa shape index (κ2) is 6.15. The third-order valence-electron chi connectivity index (χ3n) is 4.92. The summed E-state index contributed by atoms with van der Waals surface area (Å²) in [5.74, 6) is 0.931. The van der Waals surface area contributed by atoms with Crippen molar-refractivity contribution in [2.24, 2.45) is 0 Å². The van der Waals surface area contributed by atoms with Crippen LogP contribution >= 0.6 is 0 Å². The summed E-state index contributed by atoms with van der Waals surface area (Å²) in [4.78, 5) is 2.68. The van der Waals surface area contributed by atoms with Gasteiger partial charge >= 0.3 is 0 Å².